The molecule has 1 rings (SSSR count). The van der Waals surface area contributed by atoms with Gasteiger partial charge in [0.2, 0.25) is 0 Å². The highest BCUT2D eigenvalue weighted by atomic mass is 35.5. The van der Waals surface area contributed by atoms with Gasteiger partial charge in [0.25, 0.3) is 0 Å². The number of halogens is 1. The van der Waals surface area contributed by atoms with Gasteiger partial charge in [0.15, 0.2) is 0 Å². The summed E-state index contributed by atoms with van der Waals surface area (Å²) in [6.07, 6.45) is -0.317. The number of nitriles is 1. The van der Waals surface area contributed by atoms with Crippen LogP contribution in [0.1, 0.15) is 6.42 Å². The van der Waals surface area contributed by atoms with E-state index in [2.05, 4.69) is 5.32 Å². The number of hydrogen-bond donors (Lipinski definition) is 1. The average molecular weight is 225 g/mol. The van der Waals surface area contributed by atoms with E-state index in [4.69, 9.17) is 21.6 Å². The lowest BCUT2D eigenvalue weighted by Crippen LogP contribution is -2.27. The number of amides is 1. The normalized spacial score (nSPS) is 9.07. The standard InChI is InChI=1S/C10H9ClN2O2/c11-8-2-4-9(5-3-8)15-10(14)13-7-1-6-12/h2-5H,1,7H2,(H,13,14). The maximum atomic E-state index is 11.1. The van der Waals surface area contributed by atoms with Crippen LogP contribution in [0.15, 0.2) is 24.3 Å². The Morgan fingerprint density at radius 1 is 1.47 bits per heavy atom. The molecule has 0 fully saturated rings. The summed E-state index contributed by atoms with van der Waals surface area (Å²) in [6.45, 7) is 0.281. The Hall–Kier alpha value is -1.73. The molecule has 0 saturated heterocycles. The van der Waals surface area contributed by atoms with E-state index < -0.39 is 6.09 Å². The van der Waals surface area contributed by atoms with Crippen molar-refractivity contribution in [2.75, 3.05) is 6.54 Å². The number of carbonyl (C=O) groups excluding carboxylic acids is 1. The molecule has 0 heterocycles. The molecule has 0 bridgehead atoms. The van der Waals surface area contributed by atoms with E-state index in [1.54, 1.807) is 24.3 Å². The van der Waals surface area contributed by atoms with Crippen LogP contribution in [0.5, 0.6) is 5.75 Å². The highest BCUT2D eigenvalue weighted by Gasteiger charge is 2.02. The molecule has 0 aliphatic carbocycles. The van der Waals surface area contributed by atoms with Crippen molar-refractivity contribution in [1.29, 1.82) is 5.26 Å². The van der Waals surface area contributed by atoms with Crippen LogP contribution in [0.3, 0.4) is 0 Å². The van der Waals surface area contributed by atoms with Crippen LogP contribution in [0.2, 0.25) is 5.02 Å². The van der Waals surface area contributed by atoms with Gasteiger partial charge < -0.3 is 10.1 Å². The third-order valence-corrected chi connectivity index (χ3v) is 1.78. The number of hydrogen-bond acceptors (Lipinski definition) is 3. The molecule has 1 amide bonds. The van der Waals surface area contributed by atoms with Crippen LogP contribution in [-0.4, -0.2) is 12.6 Å². The van der Waals surface area contributed by atoms with Crippen molar-refractivity contribution in [3.63, 3.8) is 0 Å². The largest absolute Gasteiger partial charge is 0.412 e. The van der Waals surface area contributed by atoms with Crippen molar-refractivity contribution in [3.8, 4) is 11.8 Å². The van der Waals surface area contributed by atoms with Gasteiger partial charge in [-0.05, 0) is 24.3 Å². The molecule has 78 valence electrons. The highest BCUT2D eigenvalue weighted by molar-refractivity contribution is 6.30. The van der Waals surface area contributed by atoms with Gasteiger partial charge in [-0.3, -0.25) is 0 Å². The van der Waals surface area contributed by atoms with Crippen molar-refractivity contribution in [3.05, 3.63) is 29.3 Å². The van der Waals surface area contributed by atoms with Crippen LogP contribution >= 0.6 is 11.6 Å². The summed E-state index contributed by atoms with van der Waals surface area (Å²) in [7, 11) is 0. The van der Waals surface area contributed by atoms with Crippen LogP contribution < -0.4 is 10.1 Å². The van der Waals surface area contributed by atoms with E-state index in [1.807, 2.05) is 6.07 Å². The smallest absolute Gasteiger partial charge is 0.410 e. The van der Waals surface area contributed by atoms with Gasteiger partial charge in [0.1, 0.15) is 5.75 Å². The number of nitrogens with one attached hydrogen (secondary N) is 1. The van der Waals surface area contributed by atoms with Gasteiger partial charge in [-0.2, -0.15) is 5.26 Å². The number of nitrogens with zero attached hydrogens (tertiary/aromatic N) is 1. The Kier molecular flexibility index (Phi) is 4.45. The molecule has 5 heteroatoms. The topological polar surface area (TPSA) is 62.1 Å². The first kappa shape index (κ1) is 11.3. The summed E-state index contributed by atoms with van der Waals surface area (Å²) in [5.74, 6) is 0.411. The van der Waals surface area contributed by atoms with Crippen molar-refractivity contribution in [2.45, 2.75) is 6.42 Å². The fourth-order valence-electron chi connectivity index (χ4n) is 0.866. The number of carbonyl (C=O) groups is 1. The van der Waals surface area contributed by atoms with Crippen LogP contribution in [0, 0.1) is 11.3 Å². The molecule has 0 aliphatic heterocycles. The number of rotatable bonds is 3. The molecule has 0 aliphatic rings. The van der Waals surface area contributed by atoms with Gasteiger partial charge in [-0.15, -0.1) is 0 Å². The molecular formula is C10H9ClN2O2. The van der Waals surface area contributed by atoms with Gasteiger partial charge in [-0.1, -0.05) is 11.6 Å². The minimum atomic E-state index is -0.576. The van der Waals surface area contributed by atoms with Crippen LogP contribution in [0.25, 0.3) is 0 Å². The van der Waals surface area contributed by atoms with E-state index in [0.29, 0.717) is 10.8 Å². The Bertz CT molecular complexity index is 370. The second-order valence-electron chi connectivity index (χ2n) is 2.68. The van der Waals surface area contributed by atoms with Crippen LogP contribution in [0.4, 0.5) is 4.79 Å². The predicted octanol–water partition coefficient (Wildman–Crippen LogP) is 2.34. The average Bonchev–Trinajstić information content (AvgIpc) is 2.22. The minimum Gasteiger partial charge on any atom is -0.410 e. The Morgan fingerprint density at radius 2 is 2.13 bits per heavy atom. The van der Waals surface area contributed by atoms with Gasteiger partial charge in [0, 0.05) is 11.6 Å². The Balaban J connectivity index is 2.38. The fourth-order valence-corrected chi connectivity index (χ4v) is 0.992. The molecule has 1 N–H and O–H groups in total. The zero-order chi connectivity index (χ0) is 11.1. The van der Waals surface area contributed by atoms with Crippen LogP contribution in [-0.2, 0) is 0 Å². The molecule has 0 radical (unpaired) electrons. The summed E-state index contributed by atoms with van der Waals surface area (Å²) in [4.78, 5) is 11.1. The summed E-state index contributed by atoms with van der Waals surface area (Å²) in [5, 5.41) is 11.2. The van der Waals surface area contributed by atoms with Crippen molar-refractivity contribution >= 4 is 17.7 Å². The predicted molar refractivity (Wildman–Crippen MR) is 55.7 cm³/mol. The molecule has 0 unspecified atom stereocenters. The summed E-state index contributed by atoms with van der Waals surface area (Å²) >= 11 is 5.66. The number of ether oxygens (including phenoxy) is 1. The Labute approximate surface area is 92.4 Å². The molecule has 0 atom stereocenters. The van der Waals surface area contributed by atoms with Crippen molar-refractivity contribution < 1.29 is 9.53 Å². The lowest BCUT2D eigenvalue weighted by atomic mass is 10.3. The molecule has 1 aromatic carbocycles. The zero-order valence-corrected chi connectivity index (χ0v) is 8.62. The maximum absolute atomic E-state index is 11.1. The third-order valence-electron chi connectivity index (χ3n) is 1.53. The van der Waals surface area contributed by atoms with Gasteiger partial charge in [0.05, 0.1) is 12.5 Å². The van der Waals surface area contributed by atoms with Crippen molar-refractivity contribution in [1.82, 2.24) is 5.32 Å². The van der Waals surface area contributed by atoms with E-state index >= 15 is 0 Å². The Morgan fingerprint density at radius 3 is 2.73 bits per heavy atom. The second-order valence-corrected chi connectivity index (χ2v) is 3.11. The monoisotopic (exact) mass is 224 g/mol. The fraction of sp³-hybridized carbons (Fsp3) is 0.200. The van der Waals surface area contributed by atoms with E-state index in [0.717, 1.165) is 0 Å². The SMILES string of the molecule is N#CCCNC(=O)Oc1ccc(Cl)cc1. The molecule has 1 aromatic rings. The maximum Gasteiger partial charge on any atom is 0.412 e. The molecular weight excluding hydrogens is 216 g/mol. The highest BCUT2D eigenvalue weighted by Crippen LogP contribution is 2.15. The lowest BCUT2D eigenvalue weighted by molar-refractivity contribution is 0.201. The second kappa shape index (κ2) is 5.89. The first-order valence-electron chi connectivity index (χ1n) is 4.30. The first-order chi connectivity index (χ1) is 7.22. The molecule has 15 heavy (non-hydrogen) atoms. The summed E-state index contributed by atoms with van der Waals surface area (Å²) in [6, 6.07) is 8.33. The molecule has 4 nitrogen and oxygen atoms in total. The molecule has 0 saturated carbocycles. The minimum absolute atomic E-state index is 0.260. The van der Waals surface area contributed by atoms with E-state index in [1.165, 1.54) is 0 Å². The third kappa shape index (κ3) is 4.34. The number of benzene rings is 1. The molecule has 0 aromatic heterocycles. The summed E-state index contributed by atoms with van der Waals surface area (Å²) in [5.41, 5.74) is 0. The van der Waals surface area contributed by atoms with Gasteiger partial charge >= 0.3 is 6.09 Å². The lowest BCUT2D eigenvalue weighted by Gasteiger charge is -2.04. The van der Waals surface area contributed by atoms with Crippen molar-refractivity contribution in [2.24, 2.45) is 0 Å². The molecule has 0 spiro atoms. The summed E-state index contributed by atoms with van der Waals surface area (Å²) < 4.78 is 4.90. The first-order valence-corrected chi connectivity index (χ1v) is 4.68. The van der Waals surface area contributed by atoms with E-state index in [9.17, 15) is 4.79 Å². The quantitative estimate of drug-likeness (QED) is 0.802. The van der Waals surface area contributed by atoms with Gasteiger partial charge in [-0.25, -0.2) is 4.79 Å². The van der Waals surface area contributed by atoms with E-state index in [-0.39, 0.29) is 13.0 Å². The zero-order valence-electron chi connectivity index (χ0n) is 7.87.